The average molecular weight is 847 g/mol. The Hall–Kier alpha value is -2.44. The maximum atomic E-state index is 3.57. The molecule has 0 spiro atoms. The zero-order valence-electron chi connectivity index (χ0n) is 34.4. The smallest absolute Gasteiger partial charge is 0.0402 e. The van der Waals surface area contributed by atoms with E-state index >= 15 is 0 Å². The fraction of sp³-hybridized carbons (Fsp3) is 0.423. The molecule has 5 aliphatic carbocycles. The van der Waals surface area contributed by atoms with E-state index in [2.05, 4.69) is 171 Å². The van der Waals surface area contributed by atoms with Crippen LogP contribution in [0.25, 0.3) is 21.5 Å². The molecule has 5 aromatic rings. The molecular formula is C52H60Cl2Zr-2. The Kier molecular flexibility index (Phi) is 14.0. The molecule has 0 heterocycles. The summed E-state index contributed by atoms with van der Waals surface area (Å²) in [6.07, 6.45) is 16.7. The maximum absolute atomic E-state index is 3.57. The second kappa shape index (κ2) is 17.6. The molecule has 0 N–H and O–H groups in total. The van der Waals surface area contributed by atoms with Gasteiger partial charge in [0.15, 0.2) is 0 Å². The van der Waals surface area contributed by atoms with Crippen molar-refractivity contribution in [3.63, 3.8) is 0 Å². The van der Waals surface area contributed by atoms with Gasteiger partial charge in [0.1, 0.15) is 0 Å². The minimum absolute atomic E-state index is 0. The first-order chi connectivity index (χ1) is 25.2. The summed E-state index contributed by atoms with van der Waals surface area (Å²) in [6, 6.07) is 37.4. The molecule has 0 saturated heterocycles. The van der Waals surface area contributed by atoms with Gasteiger partial charge in [-0.3, -0.25) is 6.08 Å². The van der Waals surface area contributed by atoms with Crippen LogP contribution in [-0.2, 0) is 35.1 Å². The second-order valence-electron chi connectivity index (χ2n) is 19.2. The van der Waals surface area contributed by atoms with Crippen molar-refractivity contribution in [1.29, 1.82) is 0 Å². The number of fused-ring (bicyclic) bond motifs is 3. The Labute approximate surface area is 360 Å². The summed E-state index contributed by atoms with van der Waals surface area (Å²) in [7, 11) is 0. The third-order valence-electron chi connectivity index (χ3n) is 12.7. The van der Waals surface area contributed by atoms with Crippen molar-refractivity contribution in [3.8, 4) is 0 Å². The number of halogens is 2. The molecule has 0 radical (unpaired) electrons. The van der Waals surface area contributed by atoms with E-state index in [-0.39, 0.29) is 35.6 Å². The van der Waals surface area contributed by atoms with Gasteiger partial charge in [-0.15, -0.1) is 39.7 Å². The standard InChI is InChI=1S/C21H26.C18H25.C13H9.2ClH.Zr/c1-20(2,3)18-11-7-16(8-12-18)15-17-9-13-19(14-10-17)21(4,5)6;1-12-3-13(2)17(4-12)11-18-8-14-5-15(9-18)7-16(6-14)10-18;1-3-7-12-10(5-1)9-11-6-2-4-8-13(11)12;;;/h7-14H,1-6H3;4,12,14-16H,5-11H2,1-2H3;1-9H;2*1H;/q;2*-1;;;+2/p-2. The molecule has 0 nitrogen and oxygen atoms in total. The van der Waals surface area contributed by atoms with E-state index in [1.54, 1.807) is 44.1 Å². The Morgan fingerprint density at radius 1 is 0.655 bits per heavy atom. The molecule has 1 atom stereocenters. The quantitative estimate of drug-likeness (QED) is 0.161. The van der Waals surface area contributed by atoms with Gasteiger partial charge in [-0.05, 0) is 61.7 Å². The van der Waals surface area contributed by atoms with E-state index in [1.807, 2.05) is 0 Å². The van der Waals surface area contributed by atoms with Crippen LogP contribution in [0.3, 0.4) is 0 Å². The summed E-state index contributed by atoms with van der Waals surface area (Å²) < 4.78 is 1.42. The third-order valence-corrected chi connectivity index (χ3v) is 14.1. The summed E-state index contributed by atoms with van der Waals surface area (Å²) in [6.45, 7) is 18.1. The largest absolute Gasteiger partial charge is 1.00 e. The topological polar surface area (TPSA) is 0 Å². The molecule has 288 valence electrons. The van der Waals surface area contributed by atoms with Gasteiger partial charge in [0.05, 0.1) is 0 Å². The zero-order valence-corrected chi connectivity index (χ0v) is 38.4. The van der Waals surface area contributed by atoms with Crippen LogP contribution in [0, 0.1) is 35.2 Å². The molecule has 3 heteroatoms. The number of benzene rings is 4. The monoisotopic (exact) mass is 844 g/mol. The molecule has 55 heavy (non-hydrogen) atoms. The molecule has 4 bridgehead atoms. The Balaban J connectivity index is 0.000000159. The predicted molar refractivity (Wildman–Crippen MR) is 225 cm³/mol. The molecule has 5 aliphatic rings. The second-order valence-corrected chi connectivity index (χ2v) is 20.4. The van der Waals surface area contributed by atoms with Gasteiger partial charge in [-0.1, -0.05) is 62.6 Å². The van der Waals surface area contributed by atoms with E-state index in [0.717, 1.165) is 17.8 Å². The van der Waals surface area contributed by atoms with E-state index in [1.165, 1.54) is 83.2 Å². The Morgan fingerprint density at radius 2 is 1.05 bits per heavy atom. The van der Waals surface area contributed by atoms with Crippen molar-refractivity contribution >= 4 is 24.8 Å². The van der Waals surface area contributed by atoms with Crippen molar-refractivity contribution in [2.24, 2.45) is 29.1 Å². The third kappa shape index (κ3) is 10.2. The van der Waals surface area contributed by atoms with E-state index < -0.39 is 0 Å². The molecule has 0 aliphatic heterocycles. The van der Waals surface area contributed by atoms with Gasteiger partial charge in [-0.2, -0.15) is 11.6 Å². The van der Waals surface area contributed by atoms with Gasteiger partial charge in [0.25, 0.3) is 0 Å². The van der Waals surface area contributed by atoms with Gasteiger partial charge >= 0.3 is 151 Å². The van der Waals surface area contributed by atoms with Crippen LogP contribution in [0.15, 0.2) is 120 Å². The number of hydrogen-bond donors (Lipinski definition) is 0. The molecule has 0 amide bonds. The minimum Gasteiger partial charge on any atom is -1.00 e. The predicted octanol–water partition coefficient (Wildman–Crippen LogP) is 8.04. The van der Waals surface area contributed by atoms with Crippen molar-refractivity contribution < 1.29 is 49.0 Å². The Morgan fingerprint density at radius 3 is 1.42 bits per heavy atom. The van der Waals surface area contributed by atoms with Gasteiger partial charge in [0.2, 0.25) is 0 Å². The van der Waals surface area contributed by atoms with Crippen molar-refractivity contribution in [3.05, 3.63) is 149 Å². The fourth-order valence-corrected chi connectivity index (χ4v) is 11.2. The van der Waals surface area contributed by atoms with E-state index in [9.17, 15) is 0 Å². The first-order valence-corrected chi connectivity index (χ1v) is 21.5. The molecule has 5 aromatic carbocycles. The van der Waals surface area contributed by atoms with Crippen LogP contribution in [0.4, 0.5) is 0 Å². The zero-order chi connectivity index (χ0) is 37.5. The minimum atomic E-state index is 0. The maximum Gasteiger partial charge on any atom is -0.0402 e. The number of rotatable bonds is 4. The summed E-state index contributed by atoms with van der Waals surface area (Å²) >= 11 is 1.46. The Bertz CT molecular complexity index is 1980. The van der Waals surface area contributed by atoms with Crippen LogP contribution in [0.2, 0.25) is 0 Å². The van der Waals surface area contributed by atoms with Crippen LogP contribution < -0.4 is 24.8 Å². The molecule has 4 fully saturated rings. The first-order valence-electron chi connectivity index (χ1n) is 20.3. The van der Waals surface area contributed by atoms with Crippen molar-refractivity contribution in [2.45, 2.75) is 111 Å². The van der Waals surface area contributed by atoms with Crippen LogP contribution in [0.5, 0.6) is 0 Å². The number of hydrogen-bond acceptors (Lipinski definition) is 0. The van der Waals surface area contributed by atoms with E-state index in [0.29, 0.717) is 11.3 Å². The average Bonchev–Trinajstić information content (AvgIpc) is 3.64. The van der Waals surface area contributed by atoms with Gasteiger partial charge in [0, 0.05) is 0 Å². The SMILES string of the molecule is CC(C)(C)c1ccc([C](=[Zr+2])c2ccc(C(C)(C)C)cc2)cc1.CC1=[C-]C(C)C=C1CC12CC3CC(CC(C3)C1)C2.[Cl-].[Cl-].c1ccc2c(c1)[cH-]c1ccccc12. The van der Waals surface area contributed by atoms with E-state index in [4.69, 9.17) is 0 Å². The summed E-state index contributed by atoms with van der Waals surface area (Å²) in [5.41, 5.74) is 9.70. The summed E-state index contributed by atoms with van der Waals surface area (Å²) in [4.78, 5) is 0. The van der Waals surface area contributed by atoms with Crippen LogP contribution >= 0.6 is 0 Å². The molecule has 10 rings (SSSR count). The molecule has 1 unspecified atom stereocenters. The summed E-state index contributed by atoms with van der Waals surface area (Å²) in [5, 5.41) is 5.39. The molecule has 4 saturated carbocycles. The summed E-state index contributed by atoms with van der Waals surface area (Å²) in [5.74, 6) is 3.82. The van der Waals surface area contributed by atoms with Crippen molar-refractivity contribution in [1.82, 2.24) is 0 Å². The normalized spacial score (nSPS) is 23.7. The molecule has 0 aromatic heterocycles. The fourth-order valence-electron chi connectivity index (χ4n) is 10.3. The number of allylic oxidation sites excluding steroid dienone is 4. The van der Waals surface area contributed by atoms with Crippen LogP contribution in [-0.4, -0.2) is 3.21 Å². The first kappa shape index (κ1) is 43.7. The molecular weight excluding hydrogens is 787 g/mol. The van der Waals surface area contributed by atoms with Gasteiger partial charge < -0.3 is 24.8 Å². The van der Waals surface area contributed by atoms with Crippen LogP contribution in [0.1, 0.15) is 123 Å². The van der Waals surface area contributed by atoms with Gasteiger partial charge in [-0.25, -0.2) is 5.57 Å². The van der Waals surface area contributed by atoms with Crippen molar-refractivity contribution in [2.75, 3.05) is 0 Å².